The Balaban J connectivity index is 2.68. The van der Waals surface area contributed by atoms with Gasteiger partial charge < -0.3 is 5.73 Å². The summed E-state index contributed by atoms with van der Waals surface area (Å²) in [5.41, 5.74) is 6.02. The van der Waals surface area contributed by atoms with Crippen LogP contribution < -0.4 is 5.73 Å². The molecule has 15 heavy (non-hydrogen) atoms. The number of carbonyl (C=O) groups excluding carboxylic acids is 1. The summed E-state index contributed by atoms with van der Waals surface area (Å²) in [4.78, 5) is 15.5. The standard InChI is InChI=1S/C10H13ClN2OS/c1-2-3-15-6-9(14)8-4-7(11)5-13-10(8)12/h4-5H,2-3,6H2,1H3,(H2,12,13). The van der Waals surface area contributed by atoms with Gasteiger partial charge in [0.25, 0.3) is 0 Å². The zero-order valence-electron chi connectivity index (χ0n) is 8.50. The smallest absolute Gasteiger partial charge is 0.176 e. The summed E-state index contributed by atoms with van der Waals surface area (Å²) < 4.78 is 0. The van der Waals surface area contributed by atoms with E-state index in [4.69, 9.17) is 17.3 Å². The molecule has 0 aliphatic carbocycles. The molecule has 5 heteroatoms. The second-order valence-corrected chi connectivity index (χ2v) is 4.60. The van der Waals surface area contributed by atoms with E-state index in [1.54, 1.807) is 17.8 Å². The predicted molar refractivity (Wildman–Crippen MR) is 65.6 cm³/mol. The van der Waals surface area contributed by atoms with Crippen molar-refractivity contribution < 1.29 is 4.79 Å². The van der Waals surface area contributed by atoms with Crippen molar-refractivity contribution in [3.63, 3.8) is 0 Å². The molecule has 0 saturated heterocycles. The Morgan fingerprint density at radius 1 is 1.67 bits per heavy atom. The minimum Gasteiger partial charge on any atom is -0.383 e. The molecule has 0 unspecified atom stereocenters. The van der Waals surface area contributed by atoms with Gasteiger partial charge in [-0.25, -0.2) is 4.98 Å². The molecule has 0 saturated carbocycles. The fraction of sp³-hybridized carbons (Fsp3) is 0.400. The number of nitrogen functional groups attached to an aromatic ring is 1. The lowest BCUT2D eigenvalue weighted by Crippen LogP contribution is -2.08. The molecule has 0 aliphatic rings. The molecule has 0 aromatic carbocycles. The van der Waals surface area contributed by atoms with Gasteiger partial charge in [0.05, 0.1) is 16.3 Å². The summed E-state index contributed by atoms with van der Waals surface area (Å²) in [5, 5.41) is 0.438. The van der Waals surface area contributed by atoms with Gasteiger partial charge in [0.2, 0.25) is 0 Å². The van der Waals surface area contributed by atoms with E-state index in [1.165, 1.54) is 6.20 Å². The molecule has 1 rings (SSSR count). The third-order valence-corrected chi connectivity index (χ3v) is 3.14. The Kier molecular flexibility index (Phi) is 4.91. The first-order valence-corrected chi connectivity index (χ1v) is 6.20. The number of carbonyl (C=O) groups is 1. The Labute approximate surface area is 98.4 Å². The third-order valence-electron chi connectivity index (χ3n) is 1.77. The number of halogens is 1. The number of hydrogen-bond donors (Lipinski definition) is 1. The molecule has 2 N–H and O–H groups in total. The number of thioether (sulfide) groups is 1. The van der Waals surface area contributed by atoms with Crippen LogP contribution in [0.1, 0.15) is 23.7 Å². The molecule has 0 atom stereocenters. The highest BCUT2D eigenvalue weighted by Gasteiger charge is 2.11. The Morgan fingerprint density at radius 3 is 3.07 bits per heavy atom. The van der Waals surface area contributed by atoms with E-state index in [1.807, 2.05) is 0 Å². The summed E-state index contributed by atoms with van der Waals surface area (Å²) in [6, 6.07) is 1.57. The fourth-order valence-electron chi connectivity index (χ4n) is 1.06. The van der Waals surface area contributed by atoms with Crippen LogP contribution in [0.5, 0.6) is 0 Å². The van der Waals surface area contributed by atoms with E-state index in [9.17, 15) is 4.79 Å². The van der Waals surface area contributed by atoms with Gasteiger partial charge in [-0.05, 0) is 18.2 Å². The van der Waals surface area contributed by atoms with Gasteiger partial charge in [0.1, 0.15) is 5.82 Å². The largest absolute Gasteiger partial charge is 0.383 e. The lowest BCUT2D eigenvalue weighted by molar-refractivity contribution is 0.102. The summed E-state index contributed by atoms with van der Waals surface area (Å²) in [6.45, 7) is 2.08. The van der Waals surface area contributed by atoms with Crippen LogP contribution in [0.2, 0.25) is 5.02 Å². The highest BCUT2D eigenvalue weighted by Crippen LogP contribution is 2.17. The lowest BCUT2D eigenvalue weighted by Gasteiger charge is -2.03. The summed E-state index contributed by atoms with van der Waals surface area (Å²) in [5.74, 6) is 1.64. The van der Waals surface area contributed by atoms with Crippen LogP contribution in [0.4, 0.5) is 5.82 Å². The zero-order valence-corrected chi connectivity index (χ0v) is 10.1. The fourth-order valence-corrected chi connectivity index (χ4v) is 1.99. The number of rotatable bonds is 5. The summed E-state index contributed by atoms with van der Waals surface area (Å²) in [7, 11) is 0. The van der Waals surface area contributed by atoms with Crippen molar-refractivity contribution in [3.8, 4) is 0 Å². The number of aromatic nitrogens is 1. The molecule has 1 aromatic rings. The number of nitrogens with two attached hydrogens (primary N) is 1. The Morgan fingerprint density at radius 2 is 2.40 bits per heavy atom. The SMILES string of the molecule is CCCSCC(=O)c1cc(Cl)cnc1N. The van der Waals surface area contributed by atoms with Crippen LogP contribution >= 0.6 is 23.4 Å². The second kappa shape index (κ2) is 5.98. The van der Waals surface area contributed by atoms with Crippen molar-refractivity contribution in [2.45, 2.75) is 13.3 Å². The van der Waals surface area contributed by atoms with E-state index in [0.717, 1.165) is 12.2 Å². The molecule has 1 heterocycles. The molecule has 0 bridgehead atoms. The van der Waals surface area contributed by atoms with Crippen molar-refractivity contribution in [1.82, 2.24) is 4.98 Å². The molecule has 3 nitrogen and oxygen atoms in total. The maximum absolute atomic E-state index is 11.7. The van der Waals surface area contributed by atoms with Gasteiger partial charge in [-0.2, -0.15) is 11.8 Å². The first kappa shape index (κ1) is 12.3. The van der Waals surface area contributed by atoms with Crippen LogP contribution in [-0.2, 0) is 0 Å². The maximum Gasteiger partial charge on any atom is 0.176 e. The average Bonchev–Trinajstić information content (AvgIpc) is 2.22. The Bertz CT molecular complexity index is 357. The molecule has 1 aromatic heterocycles. The van der Waals surface area contributed by atoms with Crippen LogP contribution in [0.3, 0.4) is 0 Å². The zero-order chi connectivity index (χ0) is 11.3. The number of nitrogens with zero attached hydrogens (tertiary/aromatic N) is 1. The normalized spacial score (nSPS) is 10.3. The Hall–Kier alpha value is -0.740. The molecular formula is C10H13ClN2OS. The van der Waals surface area contributed by atoms with E-state index >= 15 is 0 Å². The molecule has 0 fully saturated rings. The molecule has 0 aliphatic heterocycles. The number of anilines is 1. The number of Topliss-reactive ketones (excluding diaryl/α,β-unsaturated/α-hetero) is 1. The van der Waals surface area contributed by atoms with Crippen molar-refractivity contribution in [3.05, 3.63) is 22.8 Å². The quantitative estimate of drug-likeness (QED) is 0.639. The monoisotopic (exact) mass is 244 g/mol. The number of pyridine rings is 1. The average molecular weight is 245 g/mol. The van der Waals surface area contributed by atoms with Crippen LogP contribution in [0.25, 0.3) is 0 Å². The predicted octanol–water partition coefficient (Wildman–Crippen LogP) is 2.64. The van der Waals surface area contributed by atoms with Crippen molar-refractivity contribution in [2.75, 3.05) is 17.2 Å². The summed E-state index contributed by atoms with van der Waals surface area (Å²) >= 11 is 7.34. The minimum atomic E-state index is -0.0130. The van der Waals surface area contributed by atoms with Gasteiger partial charge in [-0.3, -0.25) is 4.79 Å². The molecule has 82 valence electrons. The first-order chi connectivity index (χ1) is 7.15. The van der Waals surface area contributed by atoms with Crippen LogP contribution in [0, 0.1) is 0 Å². The molecule has 0 amide bonds. The maximum atomic E-state index is 11.7. The molecule has 0 radical (unpaired) electrons. The topological polar surface area (TPSA) is 56.0 Å². The highest BCUT2D eigenvalue weighted by molar-refractivity contribution is 7.99. The lowest BCUT2D eigenvalue weighted by atomic mass is 10.2. The van der Waals surface area contributed by atoms with Gasteiger partial charge >= 0.3 is 0 Å². The van der Waals surface area contributed by atoms with E-state index in [0.29, 0.717) is 16.3 Å². The van der Waals surface area contributed by atoms with Gasteiger partial charge in [0, 0.05) is 6.20 Å². The number of hydrogen-bond acceptors (Lipinski definition) is 4. The van der Waals surface area contributed by atoms with Gasteiger partial charge in [-0.1, -0.05) is 18.5 Å². The minimum absolute atomic E-state index is 0.0130. The number of ketones is 1. The van der Waals surface area contributed by atoms with E-state index in [2.05, 4.69) is 11.9 Å². The summed E-state index contributed by atoms with van der Waals surface area (Å²) in [6.07, 6.45) is 2.49. The third kappa shape index (κ3) is 3.72. The van der Waals surface area contributed by atoms with Gasteiger partial charge in [-0.15, -0.1) is 0 Å². The van der Waals surface area contributed by atoms with Crippen molar-refractivity contribution in [1.29, 1.82) is 0 Å². The highest BCUT2D eigenvalue weighted by atomic mass is 35.5. The van der Waals surface area contributed by atoms with Crippen LogP contribution in [-0.4, -0.2) is 22.3 Å². The van der Waals surface area contributed by atoms with Crippen molar-refractivity contribution >= 4 is 35.0 Å². The van der Waals surface area contributed by atoms with E-state index in [-0.39, 0.29) is 11.6 Å². The molecular weight excluding hydrogens is 232 g/mol. The second-order valence-electron chi connectivity index (χ2n) is 3.06. The molecule has 0 spiro atoms. The van der Waals surface area contributed by atoms with Crippen LogP contribution in [0.15, 0.2) is 12.3 Å². The van der Waals surface area contributed by atoms with Gasteiger partial charge in [0.15, 0.2) is 5.78 Å². The van der Waals surface area contributed by atoms with E-state index < -0.39 is 0 Å². The first-order valence-electron chi connectivity index (χ1n) is 4.67. The van der Waals surface area contributed by atoms with Crippen molar-refractivity contribution in [2.24, 2.45) is 0 Å².